The summed E-state index contributed by atoms with van der Waals surface area (Å²) in [5.41, 5.74) is 0. The minimum Gasteiger partial charge on any atom is -0.125 e. The van der Waals surface area contributed by atoms with Gasteiger partial charge in [-0.1, -0.05) is 46.0 Å². The monoisotopic (exact) mass is 214 g/mol. The summed E-state index contributed by atoms with van der Waals surface area (Å²) in [4.78, 5) is 0. The highest BCUT2D eigenvalue weighted by molar-refractivity contribution is 7.36. The number of hydrogen-bond acceptors (Lipinski definition) is 0. The first-order valence-electron chi connectivity index (χ1n) is 6.37. The van der Waals surface area contributed by atoms with Crippen molar-refractivity contribution in [2.24, 2.45) is 17.8 Å². The molecule has 1 unspecified atom stereocenters. The smallest absolute Gasteiger partial charge is 0.0327 e. The minimum absolute atomic E-state index is 0.906. The average molecular weight is 214 g/mol. The maximum absolute atomic E-state index is 2.36. The average Bonchev–Trinajstić information content (AvgIpc) is 2.16. The van der Waals surface area contributed by atoms with Gasteiger partial charge in [-0.05, 0) is 37.0 Å². The lowest BCUT2D eigenvalue weighted by molar-refractivity contribution is 0.260. The third-order valence-corrected chi connectivity index (χ3v) is 4.52. The van der Waals surface area contributed by atoms with Crippen molar-refractivity contribution in [1.29, 1.82) is 0 Å². The van der Waals surface area contributed by atoms with E-state index in [4.69, 9.17) is 0 Å². The van der Waals surface area contributed by atoms with Gasteiger partial charge in [0.1, 0.15) is 0 Å². The van der Waals surface area contributed by atoms with Gasteiger partial charge in [0.2, 0.25) is 0 Å². The van der Waals surface area contributed by atoms with Crippen molar-refractivity contribution in [2.75, 3.05) is 12.8 Å². The summed E-state index contributed by atoms with van der Waals surface area (Å²) in [6.45, 7) is 7.07. The van der Waals surface area contributed by atoms with E-state index in [1.54, 1.807) is 6.42 Å². The van der Waals surface area contributed by atoms with Crippen LogP contribution in [0.5, 0.6) is 0 Å². The van der Waals surface area contributed by atoms with Crippen LogP contribution >= 0.6 is 8.58 Å². The van der Waals surface area contributed by atoms with Gasteiger partial charge in [0, 0.05) is 0 Å². The zero-order chi connectivity index (χ0) is 10.4. The Balaban J connectivity index is 2.18. The summed E-state index contributed by atoms with van der Waals surface area (Å²) in [5.74, 6) is 3.07. The van der Waals surface area contributed by atoms with Crippen molar-refractivity contribution >= 4 is 8.58 Å². The van der Waals surface area contributed by atoms with Crippen LogP contribution in [0.3, 0.4) is 0 Å². The van der Waals surface area contributed by atoms with E-state index in [0.717, 1.165) is 17.8 Å². The molecule has 0 aromatic heterocycles. The Hall–Kier alpha value is 0.430. The zero-order valence-corrected chi connectivity index (χ0v) is 11.2. The molecule has 1 heteroatoms. The summed E-state index contributed by atoms with van der Waals surface area (Å²) in [6.07, 6.45) is 10.6. The van der Waals surface area contributed by atoms with E-state index in [2.05, 4.69) is 20.5 Å². The Morgan fingerprint density at radius 3 is 2.57 bits per heavy atom. The lowest BCUT2D eigenvalue weighted by atomic mass is 9.79. The van der Waals surface area contributed by atoms with E-state index in [-0.39, 0.29) is 0 Å². The highest BCUT2D eigenvalue weighted by Gasteiger charge is 2.21. The van der Waals surface area contributed by atoms with Crippen LogP contribution in [-0.4, -0.2) is 12.8 Å². The number of rotatable bonds is 5. The van der Waals surface area contributed by atoms with Crippen molar-refractivity contribution < 1.29 is 0 Å². The van der Waals surface area contributed by atoms with Gasteiger partial charge in [-0.2, -0.15) is 0 Å². The summed E-state index contributed by atoms with van der Waals surface area (Å²) in [5, 5.41) is 0. The van der Waals surface area contributed by atoms with Gasteiger partial charge in [-0.3, -0.25) is 0 Å². The zero-order valence-electron chi connectivity index (χ0n) is 10.2. The predicted molar refractivity (Wildman–Crippen MR) is 68.6 cm³/mol. The Kier molecular flexibility index (Phi) is 6.10. The quantitative estimate of drug-likeness (QED) is 0.589. The molecule has 84 valence electrons. The number of hydrogen-bond donors (Lipinski definition) is 0. The third-order valence-electron chi connectivity index (χ3n) is 3.54. The molecular formula is C13H27P. The lowest BCUT2D eigenvalue weighted by Crippen LogP contribution is -2.17. The first kappa shape index (κ1) is 12.5. The standard InChI is InChI=1S/C13H27P/c1-11(2)7-8-12-5-4-6-13(9-12)10-14-3/h11-14H,4-10H2,1-3H3/t12-,13-/m0/s1. The molecule has 0 aromatic rings. The fraction of sp³-hybridized carbons (Fsp3) is 1.00. The Morgan fingerprint density at radius 2 is 1.93 bits per heavy atom. The van der Waals surface area contributed by atoms with Crippen LogP contribution < -0.4 is 0 Å². The molecule has 0 nitrogen and oxygen atoms in total. The van der Waals surface area contributed by atoms with E-state index < -0.39 is 0 Å². The first-order chi connectivity index (χ1) is 6.72. The molecule has 0 aromatic carbocycles. The Labute approximate surface area is 92.0 Å². The van der Waals surface area contributed by atoms with Gasteiger partial charge in [0.05, 0.1) is 0 Å². The molecular weight excluding hydrogens is 187 g/mol. The van der Waals surface area contributed by atoms with Gasteiger partial charge >= 0.3 is 0 Å². The van der Waals surface area contributed by atoms with E-state index >= 15 is 0 Å². The predicted octanol–water partition coefficient (Wildman–Crippen LogP) is 4.54. The molecule has 0 radical (unpaired) electrons. The van der Waals surface area contributed by atoms with E-state index in [9.17, 15) is 0 Å². The Bertz CT molecular complexity index is 140. The topological polar surface area (TPSA) is 0 Å². The van der Waals surface area contributed by atoms with Crippen LogP contribution in [0.15, 0.2) is 0 Å². The van der Waals surface area contributed by atoms with Crippen molar-refractivity contribution in [2.45, 2.75) is 52.4 Å². The maximum Gasteiger partial charge on any atom is -0.0327 e. The van der Waals surface area contributed by atoms with Gasteiger partial charge in [-0.15, -0.1) is 8.58 Å². The second-order valence-corrected chi connectivity index (χ2v) is 6.54. The van der Waals surface area contributed by atoms with Gasteiger partial charge in [0.15, 0.2) is 0 Å². The van der Waals surface area contributed by atoms with E-state index in [0.29, 0.717) is 0 Å². The third kappa shape index (κ3) is 4.78. The molecule has 0 aliphatic heterocycles. The fourth-order valence-corrected chi connectivity index (χ4v) is 3.66. The normalized spacial score (nSPS) is 29.1. The molecule has 0 spiro atoms. The van der Waals surface area contributed by atoms with Crippen molar-refractivity contribution in [3.63, 3.8) is 0 Å². The van der Waals surface area contributed by atoms with Crippen LogP contribution in [0.25, 0.3) is 0 Å². The van der Waals surface area contributed by atoms with Crippen LogP contribution in [-0.2, 0) is 0 Å². The molecule has 1 aliphatic carbocycles. The molecule has 1 saturated carbocycles. The molecule has 0 bridgehead atoms. The van der Waals surface area contributed by atoms with Gasteiger partial charge in [-0.25, -0.2) is 0 Å². The molecule has 1 aliphatic rings. The molecule has 0 N–H and O–H groups in total. The van der Waals surface area contributed by atoms with Crippen molar-refractivity contribution in [1.82, 2.24) is 0 Å². The molecule has 1 rings (SSSR count). The fourth-order valence-electron chi connectivity index (χ4n) is 2.71. The van der Waals surface area contributed by atoms with Crippen molar-refractivity contribution in [3.05, 3.63) is 0 Å². The molecule has 0 amide bonds. The van der Waals surface area contributed by atoms with E-state index in [1.807, 2.05) is 0 Å². The molecule has 14 heavy (non-hydrogen) atoms. The second-order valence-electron chi connectivity index (χ2n) is 5.43. The van der Waals surface area contributed by atoms with Crippen LogP contribution in [0.2, 0.25) is 0 Å². The van der Waals surface area contributed by atoms with E-state index in [1.165, 1.54) is 46.8 Å². The van der Waals surface area contributed by atoms with Crippen LogP contribution in [0.4, 0.5) is 0 Å². The minimum atomic E-state index is 0.906. The molecule has 3 atom stereocenters. The highest BCUT2D eigenvalue weighted by Crippen LogP contribution is 2.34. The molecule has 0 heterocycles. The largest absolute Gasteiger partial charge is 0.125 e. The lowest BCUT2D eigenvalue weighted by Gasteiger charge is -2.29. The summed E-state index contributed by atoms with van der Waals surface area (Å²) in [6, 6.07) is 0. The SMILES string of the molecule is CPC[C@H]1CCC[C@@H](CCC(C)C)C1. The summed E-state index contributed by atoms with van der Waals surface area (Å²) < 4.78 is 0. The molecule has 1 fully saturated rings. The summed E-state index contributed by atoms with van der Waals surface area (Å²) >= 11 is 0. The van der Waals surface area contributed by atoms with Crippen LogP contribution in [0.1, 0.15) is 52.4 Å². The van der Waals surface area contributed by atoms with Gasteiger partial charge in [0.25, 0.3) is 0 Å². The Morgan fingerprint density at radius 1 is 1.21 bits per heavy atom. The molecule has 0 saturated heterocycles. The second kappa shape index (κ2) is 6.83. The van der Waals surface area contributed by atoms with Crippen LogP contribution in [0, 0.1) is 17.8 Å². The van der Waals surface area contributed by atoms with Gasteiger partial charge < -0.3 is 0 Å². The van der Waals surface area contributed by atoms with Crippen molar-refractivity contribution in [3.8, 4) is 0 Å². The summed E-state index contributed by atoms with van der Waals surface area (Å²) in [7, 11) is 1.18. The first-order valence-corrected chi connectivity index (χ1v) is 8.07. The highest BCUT2D eigenvalue weighted by atomic mass is 31.1. The maximum atomic E-state index is 2.36.